The summed E-state index contributed by atoms with van der Waals surface area (Å²) in [6, 6.07) is 0. The molecule has 4 nitrogen and oxygen atoms in total. The van der Waals surface area contributed by atoms with E-state index in [-0.39, 0.29) is 6.42 Å². The molecule has 0 aromatic carbocycles. The number of carbonyl (C=O) groups is 1. The van der Waals surface area contributed by atoms with Gasteiger partial charge in [-0.05, 0) is 19.8 Å². The van der Waals surface area contributed by atoms with E-state index in [1.807, 2.05) is 13.8 Å². The van der Waals surface area contributed by atoms with Crippen LogP contribution >= 0.6 is 0 Å². The Morgan fingerprint density at radius 2 is 1.57 bits per heavy atom. The maximum atomic E-state index is 9.46. The fourth-order valence-corrected chi connectivity index (χ4v) is 0.841. The summed E-state index contributed by atoms with van der Waals surface area (Å²) < 4.78 is 0. The lowest BCUT2D eigenvalue weighted by atomic mass is 9.92. The van der Waals surface area contributed by atoms with Crippen LogP contribution in [0.5, 0.6) is 0 Å². The van der Waals surface area contributed by atoms with E-state index in [4.69, 9.17) is 10.2 Å². The highest BCUT2D eigenvalue weighted by Gasteiger charge is 2.27. The molecule has 0 heterocycles. The first-order valence-electron chi connectivity index (χ1n) is 4.96. The van der Waals surface area contributed by atoms with Crippen molar-refractivity contribution in [3.8, 4) is 0 Å². The summed E-state index contributed by atoms with van der Waals surface area (Å²) in [5.41, 5.74) is -0.861. The Bertz CT molecular complexity index is 150. The molecular formula is C10H22O4. The Kier molecular flexibility index (Phi) is 8.79. The van der Waals surface area contributed by atoms with Crippen LogP contribution < -0.4 is 0 Å². The van der Waals surface area contributed by atoms with Gasteiger partial charge < -0.3 is 15.3 Å². The molecule has 0 amide bonds. The third kappa shape index (κ3) is 6.86. The fraction of sp³-hybridized carbons (Fsp3) is 0.900. The molecule has 0 spiro atoms. The van der Waals surface area contributed by atoms with Gasteiger partial charge in [0.2, 0.25) is 0 Å². The van der Waals surface area contributed by atoms with Crippen molar-refractivity contribution in [2.75, 3.05) is 0 Å². The highest BCUT2D eigenvalue weighted by atomic mass is 16.4. The fourth-order valence-electron chi connectivity index (χ4n) is 0.841. The van der Waals surface area contributed by atoms with E-state index in [0.717, 1.165) is 0 Å². The smallest absolute Gasteiger partial charge is 0.303 e. The molecule has 14 heavy (non-hydrogen) atoms. The van der Waals surface area contributed by atoms with Crippen molar-refractivity contribution in [2.24, 2.45) is 0 Å². The largest absolute Gasteiger partial charge is 0.481 e. The van der Waals surface area contributed by atoms with Gasteiger partial charge in [0.25, 0.3) is 0 Å². The molecule has 0 aromatic heterocycles. The Hall–Kier alpha value is -0.610. The van der Waals surface area contributed by atoms with Crippen molar-refractivity contribution < 1.29 is 20.1 Å². The number of rotatable bonds is 4. The first kappa shape index (κ1) is 15.8. The van der Waals surface area contributed by atoms with Crippen molar-refractivity contribution >= 4 is 5.97 Å². The topological polar surface area (TPSA) is 77.8 Å². The first-order valence-corrected chi connectivity index (χ1v) is 4.96. The van der Waals surface area contributed by atoms with Crippen molar-refractivity contribution in [3.05, 3.63) is 0 Å². The molecule has 0 aliphatic rings. The molecule has 0 radical (unpaired) electrons. The zero-order valence-electron chi connectivity index (χ0n) is 9.45. The lowest BCUT2D eigenvalue weighted by Gasteiger charge is -2.27. The predicted octanol–water partition coefficient (Wildman–Crippen LogP) is 1.40. The van der Waals surface area contributed by atoms with Crippen LogP contribution in [-0.2, 0) is 4.79 Å². The Labute approximate surface area is 85.6 Å². The minimum Gasteiger partial charge on any atom is -0.481 e. The number of carboxylic acids is 1. The summed E-state index contributed by atoms with van der Waals surface area (Å²) >= 11 is 0. The van der Waals surface area contributed by atoms with Crippen molar-refractivity contribution in [3.63, 3.8) is 0 Å². The third-order valence-corrected chi connectivity index (χ3v) is 2.30. The molecule has 0 aliphatic heterocycles. The van der Waals surface area contributed by atoms with Crippen LogP contribution in [0.25, 0.3) is 0 Å². The van der Waals surface area contributed by atoms with E-state index in [0.29, 0.717) is 12.8 Å². The number of carboxylic acid groups (broad SMARTS) is 1. The van der Waals surface area contributed by atoms with Gasteiger partial charge in [-0.3, -0.25) is 4.79 Å². The van der Waals surface area contributed by atoms with Gasteiger partial charge in [0.15, 0.2) is 0 Å². The molecule has 0 aromatic rings. The average Bonchev–Trinajstić information content (AvgIpc) is 2.17. The lowest BCUT2D eigenvalue weighted by Crippen LogP contribution is -2.38. The van der Waals surface area contributed by atoms with Gasteiger partial charge in [0, 0.05) is 6.42 Å². The van der Waals surface area contributed by atoms with Gasteiger partial charge in [0.1, 0.15) is 0 Å². The zero-order chi connectivity index (χ0) is 11.8. The second kappa shape index (κ2) is 7.76. The summed E-state index contributed by atoms with van der Waals surface area (Å²) in [6.45, 7) is 6.96. The molecule has 3 N–H and O–H groups in total. The average molecular weight is 206 g/mol. The standard InChI is InChI=1S/C7H16O2.C3H6O2/c1-4-7(9,5-2)6(3)8;1-2-3(4)5/h6,8-9H,4-5H2,1-3H3;2H2,1H3,(H,4,5). The molecule has 4 heteroatoms. The summed E-state index contributed by atoms with van der Waals surface area (Å²) in [5.74, 6) is -0.745. The first-order chi connectivity index (χ1) is 6.33. The van der Waals surface area contributed by atoms with Crippen LogP contribution in [0, 0.1) is 0 Å². The van der Waals surface area contributed by atoms with Crippen molar-refractivity contribution in [2.45, 2.75) is 58.7 Å². The molecule has 1 unspecified atom stereocenters. The van der Waals surface area contributed by atoms with E-state index >= 15 is 0 Å². The van der Waals surface area contributed by atoms with E-state index in [9.17, 15) is 9.90 Å². The predicted molar refractivity (Wildman–Crippen MR) is 55.1 cm³/mol. The van der Waals surface area contributed by atoms with Crippen LogP contribution in [0.4, 0.5) is 0 Å². The van der Waals surface area contributed by atoms with Gasteiger partial charge in [-0.25, -0.2) is 0 Å². The van der Waals surface area contributed by atoms with E-state index < -0.39 is 17.7 Å². The summed E-state index contributed by atoms with van der Waals surface area (Å²) in [7, 11) is 0. The minimum atomic E-state index is -0.861. The molecular weight excluding hydrogens is 184 g/mol. The van der Waals surface area contributed by atoms with Gasteiger partial charge in [0.05, 0.1) is 11.7 Å². The third-order valence-electron chi connectivity index (χ3n) is 2.30. The van der Waals surface area contributed by atoms with Crippen molar-refractivity contribution in [1.29, 1.82) is 0 Å². The molecule has 0 aliphatic carbocycles. The quantitative estimate of drug-likeness (QED) is 0.649. The maximum absolute atomic E-state index is 9.46. The normalized spacial score (nSPS) is 12.7. The van der Waals surface area contributed by atoms with E-state index in [1.165, 1.54) is 0 Å². The van der Waals surface area contributed by atoms with Crippen LogP contribution in [0.3, 0.4) is 0 Å². The van der Waals surface area contributed by atoms with Crippen LogP contribution in [0.2, 0.25) is 0 Å². The molecule has 0 saturated carbocycles. The second-order valence-electron chi connectivity index (χ2n) is 3.23. The number of hydrogen-bond acceptors (Lipinski definition) is 3. The summed E-state index contributed by atoms with van der Waals surface area (Å²) in [4.78, 5) is 9.37. The van der Waals surface area contributed by atoms with Gasteiger partial charge in [-0.1, -0.05) is 20.8 Å². The van der Waals surface area contributed by atoms with E-state index in [2.05, 4.69) is 0 Å². The molecule has 86 valence electrons. The molecule has 0 rings (SSSR count). The molecule has 0 fully saturated rings. The van der Waals surface area contributed by atoms with E-state index in [1.54, 1.807) is 13.8 Å². The van der Waals surface area contributed by atoms with Gasteiger partial charge >= 0.3 is 5.97 Å². The second-order valence-corrected chi connectivity index (χ2v) is 3.23. The lowest BCUT2D eigenvalue weighted by molar-refractivity contribution is -0.136. The minimum absolute atomic E-state index is 0.222. The molecule has 0 saturated heterocycles. The van der Waals surface area contributed by atoms with Gasteiger partial charge in [-0.15, -0.1) is 0 Å². The number of aliphatic hydroxyl groups excluding tert-OH is 1. The molecule has 1 atom stereocenters. The van der Waals surface area contributed by atoms with Gasteiger partial charge in [-0.2, -0.15) is 0 Å². The highest BCUT2D eigenvalue weighted by molar-refractivity contribution is 5.66. The maximum Gasteiger partial charge on any atom is 0.303 e. The Balaban J connectivity index is 0. The van der Waals surface area contributed by atoms with Crippen molar-refractivity contribution in [1.82, 2.24) is 0 Å². The molecule has 0 bridgehead atoms. The van der Waals surface area contributed by atoms with Crippen LogP contribution in [-0.4, -0.2) is 33.0 Å². The zero-order valence-corrected chi connectivity index (χ0v) is 9.45. The summed E-state index contributed by atoms with van der Waals surface area (Å²) in [5, 5.41) is 26.2. The Morgan fingerprint density at radius 1 is 1.29 bits per heavy atom. The number of aliphatic hydroxyl groups is 2. The van der Waals surface area contributed by atoms with Crippen LogP contribution in [0.1, 0.15) is 47.0 Å². The van der Waals surface area contributed by atoms with Crippen LogP contribution in [0.15, 0.2) is 0 Å². The SMILES string of the molecule is CCC(=O)O.CCC(O)(CC)C(C)O. The monoisotopic (exact) mass is 206 g/mol. The highest BCUT2D eigenvalue weighted by Crippen LogP contribution is 2.18. The summed E-state index contributed by atoms with van der Waals surface area (Å²) in [6.07, 6.45) is 0.829. The number of hydrogen-bond donors (Lipinski definition) is 3. The number of aliphatic carboxylic acids is 1. The Morgan fingerprint density at radius 3 is 1.57 bits per heavy atom.